The molecule has 13 heavy (non-hydrogen) atoms. The zero-order valence-electron chi connectivity index (χ0n) is 12.3. The van der Waals surface area contributed by atoms with Gasteiger partial charge in [-0.25, -0.2) is 0 Å². The van der Waals surface area contributed by atoms with E-state index in [2.05, 4.69) is 4.74 Å². The summed E-state index contributed by atoms with van der Waals surface area (Å²) in [5, 5.41) is 0. The van der Waals surface area contributed by atoms with Crippen LogP contribution in [0.15, 0.2) is 12.1 Å². The summed E-state index contributed by atoms with van der Waals surface area (Å²) in [5.41, 5.74) is 0.154. The monoisotopic (exact) mass is 298 g/mol. The van der Waals surface area contributed by atoms with Crippen molar-refractivity contribution in [2.45, 2.75) is 0 Å². The minimum atomic E-state index is -2.78. The zero-order valence-corrected chi connectivity index (χ0v) is 8.49. The maximum Gasteiger partial charge on any atom is 0.174 e. The minimum Gasteiger partial charge on any atom is -0.493 e. The molecule has 0 aliphatic rings. The normalized spacial score (nSPS) is 18.2. The number of ether oxygens (including phenoxy) is 2. The Balaban J connectivity index is 3.29. The molecular weight excluding hydrogens is 283 g/mol. The predicted octanol–water partition coefficient (Wildman–Crippen LogP) is 2.12. The number of carbonyl (C=O) groups is 1. The van der Waals surface area contributed by atoms with Crippen molar-refractivity contribution in [2.24, 2.45) is 0 Å². The molecular formula is C9H9IO3. The van der Waals surface area contributed by atoms with Crippen molar-refractivity contribution in [3.63, 3.8) is 0 Å². The van der Waals surface area contributed by atoms with Crippen LogP contribution >= 0.6 is 22.6 Å². The molecule has 0 N–H and O–H groups in total. The lowest BCUT2D eigenvalue weighted by atomic mass is 10.2. The fourth-order valence-corrected chi connectivity index (χ4v) is 1.57. The summed E-state index contributed by atoms with van der Waals surface area (Å²) in [6, 6.07) is 2.48. The van der Waals surface area contributed by atoms with E-state index in [1.807, 2.05) is 0 Å². The van der Waals surface area contributed by atoms with Crippen molar-refractivity contribution < 1.29 is 22.5 Å². The predicted molar refractivity (Wildman–Crippen MR) is 57.7 cm³/mol. The van der Waals surface area contributed by atoms with Gasteiger partial charge in [0.05, 0.1) is 25.9 Å². The van der Waals surface area contributed by atoms with E-state index < -0.39 is 14.1 Å². The number of methoxy groups -OCH3 is 2. The fraction of sp³-hybridized carbons (Fsp3) is 0.222. The van der Waals surface area contributed by atoms with Gasteiger partial charge < -0.3 is 9.47 Å². The van der Waals surface area contributed by atoms with Gasteiger partial charge in [-0.3, -0.25) is 4.79 Å². The summed E-state index contributed by atoms with van der Waals surface area (Å²) in [7, 11) is -5.53. The Hall–Kier alpha value is -0.780. The smallest absolute Gasteiger partial charge is 0.174 e. The number of carbonyl (C=O) groups excluding carboxylic acids is 1. The van der Waals surface area contributed by atoms with Gasteiger partial charge in [0.2, 0.25) is 0 Å². The molecule has 1 aromatic carbocycles. The number of benzene rings is 1. The Morgan fingerprint density at radius 3 is 2.85 bits per heavy atom. The first-order valence-corrected chi connectivity index (χ1v) is 4.26. The van der Waals surface area contributed by atoms with E-state index >= 15 is 0 Å². The molecule has 70 valence electrons. The lowest BCUT2D eigenvalue weighted by molar-refractivity contribution is 0.112. The molecule has 0 aliphatic heterocycles. The Morgan fingerprint density at radius 1 is 1.46 bits per heavy atom. The number of rotatable bonds is 3. The maximum absolute atomic E-state index is 10.7. The van der Waals surface area contributed by atoms with Crippen molar-refractivity contribution >= 4 is 28.9 Å². The first-order chi connectivity index (χ1) is 8.52. The Labute approximate surface area is 98.6 Å². The van der Waals surface area contributed by atoms with Gasteiger partial charge in [-0.15, -0.1) is 0 Å². The summed E-state index contributed by atoms with van der Waals surface area (Å²) in [6.45, 7) is 0. The summed E-state index contributed by atoms with van der Waals surface area (Å²) in [5.74, 6) is -0.549. The average Bonchev–Trinajstić information content (AvgIpc) is 2.19. The topological polar surface area (TPSA) is 35.5 Å². The summed E-state index contributed by atoms with van der Waals surface area (Å²) >= 11 is 1.73. The van der Waals surface area contributed by atoms with Gasteiger partial charge in [-0.2, -0.15) is 0 Å². The molecule has 0 aromatic heterocycles. The lowest BCUT2D eigenvalue weighted by Crippen LogP contribution is -1.94. The van der Waals surface area contributed by atoms with Crippen LogP contribution in [0, 0.1) is 3.57 Å². The van der Waals surface area contributed by atoms with Crippen molar-refractivity contribution in [3.05, 3.63) is 21.3 Å². The van der Waals surface area contributed by atoms with Gasteiger partial charge in [-0.05, 0) is 34.7 Å². The standard InChI is InChI=1S/C9H9IO3/c1-12-8-4-6(5-11)3-7(10)9(8)13-2/h3-5H,1-2H3/i1D3,2D3. The molecule has 1 aromatic rings. The molecule has 0 bridgehead atoms. The fourth-order valence-electron chi connectivity index (χ4n) is 0.831. The van der Waals surface area contributed by atoms with Gasteiger partial charge in [0.1, 0.15) is 6.29 Å². The highest BCUT2D eigenvalue weighted by molar-refractivity contribution is 14.1. The molecule has 3 nitrogen and oxygen atoms in total. The van der Waals surface area contributed by atoms with E-state index in [1.165, 1.54) is 6.07 Å². The second-order valence-corrected chi connectivity index (χ2v) is 3.31. The van der Waals surface area contributed by atoms with Gasteiger partial charge in [0, 0.05) is 5.56 Å². The van der Waals surface area contributed by atoms with Crippen LogP contribution in [0.25, 0.3) is 0 Å². The molecule has 0 saturated carbocycles. The number of hydrogen-bond acceptors (Lipinski definition) is 3. The molecule has 0 saturated heterocycles. The second kappa shape index (κ2) is 4.45. The van der Waals surface area contributed by atoms with E-state index in [0.29, 0.717) is 6.29 Å². The molecule has 0 radical (unpaired) electrons. The zero-order chi connectivity index (χ0) is 14.8. The summed E-state index contributed by atoms with van der Waals surface area (Å²) < 4.78 is 51.8. The van der Waals surface area contributed by atoms with E-state index in [-0.39, 0.29) is 20.6 Å². The van der Waals surface area contributed by atoms with E-state index in [0.717, 1.165) is 6.07 Å². The third-order valence-electron chi connectivity index (χ3n) is 1.38. The van der Waals surface area contributed by atoms with Crippen molar-refractivity contribution in [3.8, 4) is 11.5 Å². The maximum atomic E-state index is 10.7. The van der Waals surface area contributed by atoms with E-state index in [4.69, 9.17) is 13.0 Å². The minimum absolute atomic E-state index is 0.154. The molecule has 4 heteroatoms. The van der Waals surface area contributed by atoms with Crippen LogP contribution in [0.4, 0.5) is 0 Å². The highest BCUT2D eigenvalue weighted by Crippen LogP contribution is 2.32. The van der Waals surface area contributed by atoms with Crippen LogP contribution < -0.4 is 9.47 Å². The van der Waals surface area contributed by atoms with Gasteiger partial charge in [0.15, 0.2) is 11.5 Å². The third kappa shape index (κ3) is 2.12. The molecule has 0 aliphatic carbocycles. The van der Waals surface area contributed by atoms with E-state index in [1.54, 1.807) is 22.6 Å². The highest BCUT2D eigenvalue weighted by Gasteiger charge is 2.09. The van der Waals surface area contributed by atoms with Crippen LogP contribution in [-0.4, -0.2) is 20.4 Å². The Morgan fingerprint density at radius 2 is 2.23 bits per heavy atom. The number of halogens is 1. The molecule has 0 spiro atoms. The average molecular weight is 298 g/mol. The van der Waals surface area contributed by atoms with Crippen molar-refractivity contribution in [1.29, 1.82) is 0 Å². The molecule has 0 fully saturated rings. The second-order valence-electron chi connectivity index (χ2n) is 2.15. The van der Waals surface area contributed by atoms with Crippen LogP contribution in [0.2, 0.25) is 0 Å². The summed E-state index contributed by atoms with van der Waals surface area (Å²) in [6.07, 6.45) is 0.494. The first kappa shape index (κ1) is 4.63. The Kier molecular flexibility index (Phi) is 1.59. The largest absolute Gasteiger partial charge is 0.493 e. The van der Waals surface area contributed by atoms with Crippen LogP contribution in [0.5, 0.6) is 11.5 Å². The Bertz CT molecular complexity index is 482. The van der Waals surface area contributed by atoms with Crippen LogP contribution in [0.3, 0.4) is 0 Å². The third-order valence-corrected chi connectivity index (χ3v) is 2.18. The van der Waals surface area contributed by atoms with Crippen LogP contribution in [-0.2, 0) is 0 Å². The molecule has 0 atom stereocenters. The molecule has 0 heterocycles. The number of hydrogen-bond donors (Lipinski definition) is 0. The molecule has 0 amide bonds. The molecule has 1 rings (SSSR count). The first-order valence-electron chi connectivity index (χ1n) is 6.18. The van der Waals surface area contributed by atoms with Crippen molar-refractivity contribution in [1.82, 2.24) is 0 Å². The van der Waals surface area contributed by atoms with Crippen LogP contribution in [0.1, 0.15) is 18.6 Å². The van der Waals surface area contributed by atoms with Crippen molar-refractivity contribution in [2.75, 3.05) is 14.1 Å². The number of aldehydes is 1. The van der Waals surface area contributed by atoms with E-state index in [9.17, 15) is 4.79 Å². The van der Waals surface area contributed by atoms with Gasteiger partial charge >= 0.3 is 0 Å². The quantitative estimate of drug-likeness (QED) is 0.633. The SMILES string of the molecule is [2H]C([2H])([2H])Oc1cc(C=O)cc(I)c1OC([2H])([2H])[2H]. The van der Waals surface area contributed by atoms with Gasteiger partial charge in [0.25, 0.3) is 0 Å². The summed E-state index contributed by atoms with van der Waals surface area (Å²) in [4.78, 5) is 10.7. The highest BCUT2D eigenvalue weighted by atomic mass is 127. The molecule has 0 unspecified atom stereocenters. The lowest BCUT2D eigenvalue weighted by Gasteiger charge is -2.09. The van der Waals surface area contributed by atoms with Gasteiger partial charge in [-0.1, -0.05) is 0 Å².